The van der Waals surface area contributed by atoms with E-state index in [1.54, 1.807) is 55.5 Å². The van der Waals surface area contributed by atoms with Crippen molar-refractivity contribution >= 4 is 28.1 Å². The van der Waals surface area contributed by atoms with E-state index in [4.69, 9.17) is 15.7 Å². The number of nitrogens with one attached hydrogen (secondary N) is 1. The first-order valence-corrected chi connectivity index (χ1v) is 12.3. The van der Waals surface area contributed by atoms with Gasteiger partial charge in [-0.3, -0.25) is 4.79 Å². The second kappa shape index (κ2) is 11.4. The summed E-state index contributed by atoms with van der Waals surface area (Å²) in [5.41, 5.74) is 2.84. The Morgan fingerprint density at radius 2 is 1.77 bits per heavy atom. The van der Waals surface area contributed by atoms with Gasteiger partial charge in [-0.1, -0.05) is 54.6 Å². The third-order valence-corrected chi connectivity index (χ3v) is 6.11. The molecular formula is C25H26N4O5S. The van der Waals surface area contributed by atoms with Crippen molar-refractivity contribution in [1.82, 2.24) is 5.32 Å². The molecule has 0 saturated carbocycles. The number of benzene rings is 3. The predicted octanol–water partition coefficient (Wildman–Crippen LogP) is 2.20. The van der Waals surface area contributed by atoms with Gasteiger partial charge in [-0.05, 0) is 41.8 Å². The Balaban J connectivity index is 1.82. The molecule has 0 heterocycles. The molecule has 0 bridgehead atoms. The fourth-order valence-corrected chi connectivity index (χ4v) is 4.31. The topological polar surface area (TPSA) is 154 Å². The minimum Gasteiger partial charge on any atom is -0.464 e. The Morgan fingerprint density at radius 3 is 2.43 bits per heavy atom. The summed E-state index contributed by atoms with van der Waals surface area (Å²) in [5.74, 6) is 4.17. The largest absolute Gasteiger partial charge is 0.464 e. The number of esters is 1. The van der Waals surface area contributed by atoms with Gasteiger partial charge in [0.25, 0.3) is 5.91 Å². The van der Waals surface area contributed by atoms with Crippen molar-refractivity contribution in [3.8, 4) is 11.1 Å². The Hall–Kier alpha value is -4.02. The average Bonchev–Trinajstić information content (AvgIpc) is 2.84. The normalized spacial score (nSPS) is 12.3. The van der Waals surface area contributed by atoms with Crippen molar-refractivity contribution in [2.75, 3.05) is 6.61 Å². The number of ether oxygens (including phenoxy) is 1. The summed E-state index contributed by atoms with van der Waals surface area (Å²) in [6.45, 7) is 1.86. The first-order chi connectivity index (χ1) is 16.7. The SMILES string of the molecule is CCOC(=O)[C@H](Cc1cccc(/C=N\N)c1)NC(=O)c1ccc(-c2ccccc2S(N)(=O)=O)cc1. The molecule has 3 aromatic carbocycles. The molecule has 0 saturated heterocycles. The quantitative estimate of drug-likeness (QED) is 0.179. The fourth-order valence-electron chi connectivity index (χ4n) is 3.55. The molecule has 5 N–H and O–H groups in total. The molecule has 0 aliphatic rings. The van der Waals surface area contributed by atoms with E-state index in [1.165, 1.54) is 12.3 Å². The van der Waals surface area contributed by atoms with Gasteiger partial charge in [0, 0.05) is 17.5 Å². The van der Waals surface area contributed by atoms with Gasteiger partial charge < -0.3 is 15.9 Å². The maximum absolute atomic E-state index is 12.9. The standard InChI is InChI=1S/C25H26N4O5S/c1-2-34-25(31)22(15-17-6-5-7-18(14-17)16-28-26)29-24(30)20-12-10-19(11-13-20)21-8-3-4-9-23(21)35(27,32)33/h3-14,16,22H,2,15,26H2,1H3,(H,29,30)(H2,27,32,33)/b28-16-/t22-/m0/s1. The van der Waals surface area contributed by atoms with E-state index in [1.807, 2.05) is 18.2 Å². The number of primary sulfonamides is 1. The molecule has 1 amide bonds. The Morgan fingerprint density at radius 1 is 1.06 bits per heavy atom. The highest BCUT2D eigenvalue weighted by Gasteiger charge is 2.23. The van der Waals surface area contributed by atoms with Crippen molar-refractivity contribution in [2.24, 2.45) is 16.1 Å². The molecule has 9 nitrogen and oxygen atoms in total. The van der Waals surface area contributed by atoms with Crippen LogP contribution in [0.1, 0.15) is 28.4 Å². The third kappa shape index (κ3) is 6.75. The highest BCUT2D eigenvalue weighted by Crippen LogP contribution is 2.26. The minimum absolute atomic E-state index is 0.0125. The van der Waals surface area contributed by atoms with E-state index >= 15 is 0 Å². The van der Waals surface area contributed by atoms with E-state index < -0.39 is 27.9 Å². The first kappa shape index (κ1) is 25.6. The molecule has 0 radical (unpaired) electrons. The van der Waals surface area contributed by atoms with E-state index in [2.05, 4.69) is 10.4 Å². The van der Waals surface area contributed by atoms with Gasteiger partial charge >= 0.3 is 5.97 Å². The summed E-state index contributed by atoms with van der Waals surface area (Å²) in [6.07, 6.45) is 1.69. The molecule has 182 valence electrons. The van der Waals surface area contributed by atoms with Gasteiger partial charge in [-0.25, -0.2) is 18.4 Å². The molecule has 3 aromatic rings. The molecule has 0 aliphatic heterocycles. The van der Waals surface area contributed by atoms with Crippen LogP contribution < -0.4 is 16.3 Å². The highest BCUT2D eigenvalue weighted by molar-refractivity contribution is 7.89. The van der Waals surface area contributed by atoms with E-state index in [9.17, 15) is 18.0 Å². The Bertz CT molecular complexity index is 1340. The maximum Gasteiger partial charge on any atom is 0.328 e. The second-order valence-corrected chi connectivity index (χ2v) is 9.15. The number of sulfonamides is 1. The molecular weight excluding hydrogens is 468 g/mol. The van der Waals surface area contributed by atoms with Crippen LogP contribution in [0, 0.1) is 0 Å². The third-order valence-electron chi connectivity index (χ3n) is 5.14. The smallest absolute Gasteiger partial charge is 0.328 e. The number of carbonyl (C=O) groups excluding carboxylic acids is 2. The number of rotatable bonds is 9. The molecule has 35 heavy (non-hydrogen) atoms. The summed E-state index contributed by atoms with van der Waals surface area (Å²) in [4.78, 5) is 25.5. The highest BCUT2D eigenvalue weighted by atomic mass is 32.2. The van der Waals surface area contributed by atoms with Gasteiger partial charge in [-0.2, -0.15) is 5.10 Å². The van der Waals surface area contributed by atoms with E-state index in [0.717, 1.165) is 11.1 Å². The molecule has 0 spiro atoms. The number of nitrogens with zero attached hydrogens (tertiary/aromatic N) is 1. The lowest BCUT2D eigenvalue weighted by Gasteiger charge is -2.18. The zero-order chi connectivity index (χ0) is 25.4. The van der Waals surface area contributed by atoms with Gasteiger partial charge in [0.15, 0.2) is 0 Å². The number of nitrogens with two attached hydrogens (primary N) is 2. The van der Waals surface area contributed by atoms with Crippen LogP contribution in [0.15, 0.2) is 82.8 Å². The Labute approximate surface area is 203 Å². The number of hydrazone groups is 1. The average molecular weight is 495 g/mol. The molecule has 0 fully saturated rings. The summed E-state index contributed by atoms with van der Waals surface area (Å²) in [7, 11) is -3.92. The van der Waals surface area contributed by atoms with Crippen LogP contribution in [0.3, 0.4) is 0 Å². The first-order valence-electron chi connectivity index (χ1n) is 10.7. The van der Waals surface area contributed by atoms with Crippen molar-refractivity contribution in [3.63, 3.8) is 0 Å². The van der Waals surface area contributed by atoms with Crippen molar-refractivity contribution in [1.29, 1.82) is 0 Å². The van der Waals surface area contributed by atoms with Crippen LogP contribution in [0.5, 0.6) is 0 Å². The minimum atomic E-state index is -3.92. The molecule has 0 aliphatic carbocycles. The van der Waals surface area contributed by atoms with Crippen molar-refractivity contribution in [3.05, 3.63) is 89.5 Å². The predicted molar refractivity (Wildman–Crippen MR) is 133 cm³/mol. The number of hydrogen-bond donors (Lipinski definition) is 3. The molecule has 0 unspecified atom stereocenters. The van der Waals surface area contributed by atoms with Crippen molar-refractivity contribution in [2.45, 2.75) is 24.3 Å². The number of carbonyl (C=O) groups is 2. The van der Waals surface area contributed by atoms with Crippen LogP contribution in [-0.4, -0.2) is 39.2 Å². The van der Waals surface area contributed by atoms with Crippen LogP contribution in [0.4, 0.5) is 0 Å². The van der Waals surface area contributed by atoms with Crippen molar-refractivity contribution < 1.29 is 22.7 Å². The van der Waals surface area contributed by atoms with Gasteiger partial charge in [0.2, 0.25) is 10.0 Å². The van der Waals surface area contributed by atoms with Gasteiger partial charge in [-0.15, -0.1) is 0 Å². The molecule has 3 rings (SSSR count). The molecule has 1 atom stereocenters. The van der Waals surface area contributed by atoms with Crippen LogP contribution >= 0.6 is 0 Å². The second-order valence-electron chi connectivity index (χ2n) is 7.62. The van der Waals surface area contributed by atoms with Gasteiger partial charge in [0.1, 0.15) is 6.04 Å². The lowest BCUT2D eigenvalue weighted by atomic mass is 10.0. The van der Waals surface area contributed by atoms with Crippen LogP contribution in [0.25, 0.3) is 11.1 Å². The Kier molecular flexibility index (Phi) is 8.34. The monoisotopic (exact) mass is 494 g/mol. The van der Waals surface area contributed by atoms with Crippen LogP contribution in [0.2, 0.25) is 0 Å². The summed E-state index contributed by atoms with van der Waals surface area (Å²) >= 11 is 0. The lowest BCUT2D eigenvalue weighted by molar-refractivity contribution is -0.145. The lowest BCUT2D eigenvalue weighted by Crippen LogP contribution is -2.43. The molecule has 0 aromatic heterocycles. The number of amides is 1. The van der Waals surface area contributed by atoms with Gasteiger partial charge in [0.05, 0.1) is 17.7 Å². The zero-order valence-electron chi connectivity index (χ0n) is 19.0. The molecule has 10 heteroatoms. The van der Waals surface area contributed by atoms with E-state index in [0.29, 0.717) is 16.7 Å². The summed E-state index contributed by atoms with van der Waals surface area (Å²) in [5, 5.41) is 11.5. The van der Waals surface area contributed by atoms with E-state index in [-0.39, 0.29) is 17.9 Å². The number of hydrogen-bond acceptors (Lipinski definition) is 7. The van der Waals surface area contributed by atoms with Crippen LogP contribution in [-0.2, 0) is 26.0 Å². The summed E-state index contributed by atoms with van der Waals surface area (Å²) < 4.78 is 29.0. The fraction of sp³-hybridized carbons (Fsp3) is 0.160. The summed E-state index contributed by atoms with van der Waals surface area (Å²) in [6, 6.07) is 19.0. The maximum atomic E-state index is 12.9. The zero-order valence-corrected chi connectivity index (χ0v) is 19.9.